The van der Waals surface area contributed by atoms with Gasteiger partial charge in [0, 0.05) is 11.1 Å². The molecule has 4 rings (SSSR count). The number of aryl methyl sites for hydroxylation is 1. The van der Waals surface area contributed by atoms with E-state index in [4.69, 9.17) is 16.3 Å². The second-order valence-corrected chi connectivity index (χ2v) is 8.39. The third-order valence-electron chi connectivity index (χ3n) is 4.61. The predicted octanol–water partition coefficient (Wildman–Crippen LogP) is 4.42. The van der Waals surface area contributed by atoms with Crippen LogP contribution < -0.4 is 10.1 Å². The Morgan fingerprint density at radius 3 is 2.94 bits per heavy atom. The molecule has 164 valence electrons. The van der Waals surface area contributed by atoms with Gasteiger partial charge in [0.05, 0.1) is 31.2 Å². The van der Waals surface area contributed by atoms with Crippen molar-refractivity contribution in [1.29, 1.82) is 0 Å². The molecule has 4 aromatic rings. The van der Waals surface area contributed by atoms with Crippen molar-refractivity contribution in [2.24, 2.45) is 0 Å². The van der Waals surface area contributed by atoms with Gasteiger partial charge in [0.15, 0.2) is 5.82 Å². The quantitative estimate of drug-likeness (QED) is 0.371. The fourth-order valence-corrected chi connectivity index (χ4v) is 3.92. The molecule has 8 nitrogen and oxygen atoms in total. The van der Waals surface area contributed by atoms with Crippen molar-refractivity contribution in [3.63, 3.8) is 0 Å². The Kier molecular flexibility index (Phi) is 6.77. The number of rotatable bonds is 8. The predicted molar refractivity (Wildman–Crippen MR) is 125 cm³/mol. The zero-order chi connectivity index (χ0) is 22.5. The van der Waals surface area contributed by atoms with Crippen molar-refractivity contribution in [2.45, 2.75) is 18.6 Å². The highest BCUT2D eigenvalue weighted by Gasteiger charge is 2.14. The van der Waals surface area contributed by atoms with Gasteiger partial charge in [0.25, 0.3) is 0 Å². The first-order chi connectivity index (χ1) is 15.5. The van der Waals surface area contributed by atoms with E-state index in [0.29, 0.717) is 39.7 Å². The molecule has 0 saturated carbocycles. The van der Waals surface area contributed by atoms with E-state index in [9.17, 15) is 4.79 Å². The van der Waals surface area contributed by atoms with Crippen LogP contribution in [0.3, 0.4) is 0 Å². The van der Waals surface area contributed by atoms with Crippen LogP contribution in [0.2, 0.25) is 5.02 Å². The summed E-state index contributed by atoms with van der Waals surface area (Å²) in [6, 6.07) is 15.2. The smallest absolute Gasteiger partial charge is 0.235 e. The molecule has 2 heterocycles. The number of H-pyrrole nitrogens is 1. The molecule has 0 aliphatic rings. The minimum atomic E-state index is -0.173. The Morgan fingerprint density at radius 1 is 1.25 bits per heavy atom. The van der Waals surface area contributed by atoms with Crippen molar-refractivity contribution < 1.29 is 9.53 Å². The van der Waals surface area contributed by atoms with Gasteiger partial charge in [0.2, 0.25) is 11.1 Å². The molecule has 0 saturated heterocycles. The molecule has 0 aliphatic heterocycles. The van der Waals surface area contributed by atoms with Gasteiger partial charge in [-0.3, -0.25) is 9.89 Å². The molecule has 0 aliphatic carbocycles. The monoisotopic (exact) mass is 468 g/mol. The molecule has 0 atom stereocenters. The zero-order valence-electron chi connectivity index (χ0n) is 17.5. The van der Waals surface area contributed by atoms with E-state index in [0.717, 1.165) is 5.56 Å². The maximum Gasteiger partial charge on any atom is 0.235 e. The number of aromatic nitrogens is 5. The molecule has 0 radical (unpaired) electrons. The van der Waals surface area contributed by atoms with Crippen molar-refractivity contribution in [1.82, 2.24) is 25.0 Å². The summed E-state index contributed by atoms with van der Waals surface area (Å²) in [7, 11) is 1.58. The number of aromatic amines is 1. The summed E-state index contributed by atoms with van der Waals surface area (Å²) in [5, 5.41) is 15.3. The summed E-state index contributed by atoms with van der Waals surface area (Å²) >= 11 is 7.32. The van der Waals surface area contributed by atoms with Crippen molar-refractivity contribution in [3.8, 4) is 17.1 Å². The van der Waals surface area contributed by atoms with Gasteiger partial charge in [-0.2, -0.15) is 5.10 Å². The summed E-state index contributed by atoms with van der Waals surface area (Å²) in [4.78, 5) is 16.9. The Balaban J connectivity index is 1.37. The third kappa shape index (κ3) is 5.30. The largest absolute Gasteiger partial charge is 0.496 e. The second-order valence-electron chi connectivity index (χ2n) is 7.01. The van der Waals surface area contributed by atoms with Crippen LogP contribution in [0, 0.1) is 6.92 Å². The lowest BCUT2D eigenvalue weighted by Gasteiger charge is -2.09. The first-order valence-corrected chi connectivity index (χ1v) is 11.1. The number of amides is 1. The highest BCUT2D eigenvalue weighted by molar-refractivity contribution is 7.99. The lowest BCUT2D eigenvalue weighted by molar-refractivity contribution is -0.113. The summed E-state index contributed by atoms with van der Waals surface area (Å²) in [5.74, 6) is 1.76. The summed E-state index contributed by atoms with van der Waals surface area (Å²) in [6.45, 7) is 2.62. The number of thioether (sulfide) groups is 1. The molecule has 1 amide bonds. The first kappa shape index (κ1) is 21.9. The lowest BCUT2D eigenvalue weighted by atomic mass is 10.1. The maximum atomic E-state index is 12.5. The van der Waals surface area contributed by atoms with Gasteiger partial charge in [-0.25, -0.2) is 9.67 Å². The highest BCUT2D eigenvalue weighted by atomic mass is 35.5. The first-order valence-electron chi connectivity index (χ1n) is 9.78. The molecule has 0 spiro atoms. The van der Waals surface area contributed by atoms with E-state index in [1.165, 1.54) is 17.3 Å². The number of carbonyl (C=O) groups is 1. The Bertz CT molecular complexity index is 1240. The number of nitrogens with one attached hydrogen (secondary N) is 2. The van der Waals surface area contributed by atoms with Gasteiger partial charge in [-0.05, 0) is 30.7 Å². The number of ether oxygens (including phenoxy) is 1. The van der Waals surface area contributed by atoms with E-state index in [1.807, 2.05) is 25.1 Å². The van der Waals surface area contributed by atoms with Crippen LogP contribution in [-0.4, -0.2) is 43.7 Å². The number of benzene rings is 2. The fraction of sp³-hybridized carbons (Fsp3) is 0.182. The van der Waals surface area contributed by atoms with E-state index < -0.39 is 0 Å². The van der Waals surface area contributed by atoms with E-state index in [1.54, 1.807) is 42.3 Å². The van der Waals surface area contributed by atoms with E-state index in [-0.39, 0.29) is 11.7 Å². The van der Waals surface area contributed by atoms with Crippen LogP contribution in [-0.2, 0) is 11.3 Å². The second kappa shape index (κ2) is 9.88. The van der Waals surface area contributed by atoms with E-state index >= 15 is 0 Å². The standard InChI is InChI=1S/C22H21ClN6O2S/c1-14-4-3-5-15(10-14)12-29-19(8-9-24-29)25-20(30)13-32-22-26-21(27-28-22)17-11-16(23)6-7-18(17)31-2/h3-11H,12-13H2,1-2H3,(H,25,30)(H,26,27,28). The number of halogens is 1. The summed E-state index contributed by atoms with van der Waals surface area (Å²) in [6.07, 6.45) is 1.67. The van der Waals surface area contributed by atoms with Crippen LogP contribution in [0.25, 0.3) is 11.4 Å². The molecule has 32 heavy (non-hydrogen) atoms. The minimum Gasteiger partial charge on any atom is -0.496 e. The Morgan fingerprint density at radius 2 is 2.12 bits per heavy atom. The van der Waals surface area contributed by atoms with E-state index in [2.05, 4.69) is 31.7 Å². The van der Waals surface area contributed by atoms with Gasteiger partial charge < -0.3 is 10.1 Å². The normalized spacial score (nSPS) is 10.8. The Hall–Kier alpha value is -3.30. The number of carbonyl (C=O) groups excluding carboxylic acids is 1. The zero-order valence-corrected chi connectivity index (χ0v) is 19.1. The summed E-state index contributed by atoms with van der Waals surface area (Å²) < 4.78 is 7.11. The number of anilines is 1. The molecular weight excluding hydrogens is 448 g/mol. The topological polar surface area (TPSA) is 97.7 Å². The third-order valence-corrected chi connectivity index (χ3v) is 5.70. The average Bonchev–Trinajstić information content (AvgIpc) is 3.42. The molecule has 2 aromatic heterocycles. The van der Waals surface area contributed by atoms with Gasteiger partial charge in [-0.1, -0.05) is 53.2 Å². The summed E-state index contributed by atoms with van der Waals surface area (Å²) in [5.41, 5.74) is 2.99. The van der Waals surface area contributed by atoms with Crippen LogP contribution in [0.5, 0.6) is 5.75 Å². The fourth-order valence-electron chi connectivity index (χ4n) is 3.15. The molecule has 2 aromatic carbocycles. The highest BCUT2D eigenvalue weighted by Crippen LogP contribution is 2.31. The van der Waals surface area contributed by atoms with Gasteiger partial charge in [-0.15, -0.1) is 5.10 Å². The Labute approximate surface area is 194 Å². The van der Waals surface area contributed by atoms with Crippen LogP contribution in [0.1, 0.15) is 11.1 Å². The van der Waals surface area contributed by atoms with Gasteiger partial charge >= 0.3 is 0 Å². The number of nitrogens with zero attached hydrogens (tertiary/aromatic N) is 4. The molecular formula is C22H21ClN6O2S. The van der Waals surface area contributed by atoms with Crippen LogP contribution in [0.15, 0.2) is 59.9 Å². The molecule has 0 bridgehead atoms. The molecule has 0 unspecified atom stereocenters. The number of hydrogen-bond donors (Lipinski definition) is 2. The van der Waals surface area contributed by atoms with Crippen LogP contribution >= 0.6 is 23.4 Å². The average molecular weight is 469 g/mol. The maximum absolute atomic E-state index is 12.5. The van der Waals surface area contributed by atoms with Gasteiger partial charge in [0.1, 0.15) is 11.6 Å². The SMILES string of the molecule is COc1ccc(Cl)cc1-c1nc(SCC(=O)Nc2ccnn2Cc2cccc(C)c2)n[nH]1. The van der Waals surface area contributed by atoms with Crippen molar-refractivity contribution >= 4 is 35.1 Å². The minimum absolute atomic E-state index is 0.152. The van der Waals surface area contributed by atoms with Crippen molar-refractivity contribution in [3.05, 3.63) is 70.9 Å². The van der Waals surface area contributed by atoms with Crippen LogP contribution in [0.4, 0.5) is 5.82 Å². The molecule has 0 fully saturated rings. The number of methoxy groups -OCH3 is 1. The van der Waals surface area contributed by atoms with Crippen molar-refractivity contribution in [2.75, 3.05) is 18.2 Å². The lowest BCUT2D eigenvalue weighted by Crippen LogP contribution is -2.18. The number of hydrogen-bond acceptors (Lipinski definition) is 6. The molecule has 10 heteroatoms. The molecule has 2 N–H and O–H groups in total.